The van der Waals surface area contributed by atoms with Crippen LogP contribution >= 0.6 is 0 Å². The summed E-state index contributed by atoms with van der Waals surface area (Å²) >= 11 is 0. The Kier molecular flexibility index (Phi) is 7.46. The molecule has 0 atom stereocenters. The molecular formula is C15H22. The molecule has 0 amide bonds. The van der Waals surface area contributed by atoms with Crippen LogP contribution in [0.15, 0.2) is 18.2 Å². The Morgan fingerprint density at radius 1 is 1.27 bits per heavy atom. The smallest absolute Gasteiger partial charge is 0.00297 e. The number of benzene rings is 1. The second kappa shape index (κ2) is 8.12. The molecule has 1 aromatic carbocycles. The van der Waals surface area contributed by atoms with Gasteiger partial charge in [-0.3, -0.25) is 0 Å². The molecule has 0 N–H and O–H groups in total. The van der Waals surface area contributed by atoms with Gasteiger partial charge in [0.15, 0.2) is 0 Å². The van der Waals surface area contributed by atoms with E-state index in [4.69, 9.17) is 0 Å². The molecule has 0 bridgehead atoms. The van der Waals surface area contributed by atoms with Crippen LogP contribution in [-0.4, -0.2) is 0 Å². The minimum atomic E-state index is 1.15. The topological polar surface area (TPSA) is 0 Å². The lowest BCUT2D eigenvalue weighted by molar-refractivity contribution is 0.910. The van der Waals surface area contributed by atoms with Crippen LogP contribution in [0.4, 0.5) is 0 Å². The molecule has 15 heavy (non-hydrogen) atoms. The molecular weight excluding hydrogens is 180 g/mol. The van der Waals surface area contributed by atoms with E-state index in [9.17, 15) is 0 Å². The van der Waals surface area contributed by atoms with Gasteiger partial charge >= 0.3 is 0 Å². The number of rotatable bonds is 3. The second-order valence-corrected chi connectivity index (χ2v) is 3.65. The monoisotopic (exact) mass is 202 g/mol. The van der Waals surface area contributed by atoms with E-state index in [-0.39, 0.29) is 0 Å². The number of hydrogen-bond acceptors (Lipinski definition) is 0. The van der Waals surface area contributed by atoms with Crippen LogP contribution in [0.2, 0.25) is 0 Å². The highest BCUT2D eigenvalue weighted by atomic mass is 14.0. The van der Waals surface area contributed by atoms with E-state index >= 15 is 0 Å². The van der Waals surface area contributed by atoms with Crippen molar-refractivity contribution in [3.63, 3.8) is 0 Å². The fourth-order valence-electron chi connectivity index (χ4n) is 1.53. The van der Waals surface area contributed by atoms with Gasteiger partial charge in [-0.15, -0.1) is 12.3 Å². The Hall–Kier alpha value is -1.22. The van der Waals surface area contributed by atoms with E-state index in [0.29, 0.717) is 0 Å². The SMILES string of the molecule is C#CC.CCCc1ccc(CC)cc1C. The molecule has 0 nitrogen and oxygen atoms in total. The lowest BCUT2D eigenvalue weighted by atomic mass is 10.0. The van der Waals surface area contributed by atoms with Gasteiger partial charge in [0.1, 0.15) is 0 Å². The number of terminal acetylenes is 1. The molecule has 0 unspecified atom stereocenters. The second-order valence-electron chi connectivity index (χ2n) is 3.65. The molecule has 1 rings (SSSR count). The Morgan fingerprint density at radius 2 is 1.87 bits per heavy atom. The van der Waals surface area contributed by atoms with Crippen LogP contribution in [0.25, 0.3) is 0 Å². The van der Waals surface area contributed by atoms with Gasteiger partial charge in [-0.1, -0.05) is 38.5 Å². The molecule has 82 valence electrons. The van der Waals surface area contributed by atoms with Crippen LogP contribution in [0.3, 0.4) is 0 Å². The summed E-state index contributed by atoms with van der Waals surface area (Å²) < 4.78 is 0. The highest BCUT2D eigenvalue weighted by Gasteiger charge is 1.97. The average molecular weight is 202 g/mol. The summed E-state index contributed by atoms with van der Waals surface area (Å²) in [6.07, 6.45) is 8.20. The Labute approximate surface area is 94.7 Å². The van der Waals surface area contributed by atoms with Gasteiger partial charge in [-0.2, -0.15) is 0 Å². The maximum Gasteiger partial charge on any atom is -0.00297 e. The normalized spacial score (nSPS) is 8.73. The quantitative estimate of drug-likeness (QED) is 0.646. The van der Waals surface area contributed by atoms with Crippen molar-refractivity contribution in [2.45, 2.75) is 47.0 Å². The Bertz CT molecular complexity index is 315. The predicted octanol–water partition coefficient (Wildman–Crippen LogP) is 4.15. The molecule has 0 saturated carbocycles. The summed E-state index contributed by atoms with van der Waals surface area (Å²) in [5.74, 6) is 2.25. The van der Waals surface area contributed by atoms with E-state index in [0.717, 1.165) is 6.42 Å². The van der Waals surface area contributed by atoms with Gasteiger partial charge in [0, 0.05) is 0 Å². The Balaban J connectivity index is 0.000000583. The van der Waals surface area contributed by atoms with Crippen LogP contribution in [0.5, 0.6) is 0 Å². The van der Waals surface area contributed by atoms with Crippen LogP contribution < -0.4 is 0 Å². The van der Waals surface area contributed by atoms with Crippen molar-refractivity contribution >= 4 is 0 Å². The molecule has 0 fully saturated rings. The van der Waals surface area contributed by atoms with Gasteiger partial charge in [0.25, 0.3) is 0 Å². The Morgan fingerprint density at radius 3 is 2.27 bits per heavy atom. The first-order valence-corrected chi connectivity index (χ1v) is 5.65. The third kappa shape index (κ3) is 5.27. The molecule has 0 aliphatic rings. The first kappa shape index (κ1) is 13.8. The standard InChI is InChI=1S/C12H18.C3H4/c1-4-6-12-8-7-11(5-2)9-10(12)3;1-3-2/h7-9H,4-6H2,1-3H3;1H,2H3. The minimum absolute atomic E-state index is 1.15. The maximum absolute atomic E-state index is 4.60. The van der Waals surface area contributed by atoms with E-state index < -0.39 is 0 Å². The van der Waals surface area contributed by atoms with Crippen molar-refractivity contribution in [1.29, 1.82) is 0 Å². The third-order valence-electron chi connectivity index (χ3n) is 2.33. The highest BCUT2D eigenvalue weighted by molar-refractivity contribution is 5.31. The van der Waals surface area contributed by atoms with Crippen molar-refractivity contribution in [2.24, 2.45) is 0 Å². The minimum Gasteiger partial charge on any atom is -0.120 e. The van der Waals surface area contributed by atoms with Gasteiger partial charge in [0.2, 0.25) is 0 Å². The summed E-state index contributed by atoms with van der Waals surface area (Å²) in [5.41, 5.74) is 4.42. The molecule has 0 aromatic heterocycles. The molecule has 0 aliphatic carbocycles. The largest absolute Gasteiger partial charge is 0.120 e. The van der Waals surface area contributed by atoms with Gasteiger partial charge in [0.05, 0.1) is 0 Å². The first-order chi connectivity index (χ1) is 7.19. The summed E-state index contributed by atoms with van der Waals surface area (Å²) in [6, 6.07) is 6.83. The lowest BCUT2D eigenvalue weighted by Gasteiger charge is -2.05. The van der Waals surface area contributed by atoms with Gasteiger partial charge in [-0.05, 0) is 43.4 Å². The highest BCUT2D eigenvalue weighted by Crippen LogP contribution is 2.13. The molecule has 0 saturated heterocycles. The van der Waals surface area contributed by atoms with Gasteiger partial charge < -0.3 is 0 Å². The van der Waals surface area contributed by atoms with E-state index in [1.165, 1.54) is 29.5 Å². The zero-order valence-corrected chi connectivity index (χ0v) is 10.4. The third-order valence-corrected chi connectivity index (χ3v) is 2.33. The van der Waals surface area contributed by atoms with Crippen molar-refractivity contribution in [1.82, 2.24) is 0 Å². The fraction of sp³-hybridized carbons (Fsp3) is 0.467. The zero-order valence-electron chi connectivity index (χ0n) is 10.4. The molecule has 0 aliphatic heterocycles. The van der Waals surface area contributed by atoms with Crippen LogP contribution in [0.1, 0.15) is 43.9 Å². The molecule has 0 heteroatoms. The lowest BCUT2D eigenvalue weighted by Crippen LogP contribution is -1.90. The number of hydrogen-bond donors (Lipinski definition) is 0. The van der Waals surface area contributed by atoms with Crippen molar-refractivity contribution < 1.29 is 0 Å². The van der Waals surface area contributed by atoms with E-state index in [1.807, 2.05) is 0 Å². The summed E-state index contributed by atoms with van der Waals surface area (Å²) in [4.78, 5) is 0. The molecule has 0 heterocycles. The van der Waals surface area contributed by atoms with Crippen LogP contribution in [0, 0.1) is 19.3 Å². The van der Waals surface area contributed by atoms with E-state index in [1.54, 1.807) is 6.92 Å². The molecule has 0 spiro atoms. The van der Waals surface area contributed by atoms with Crippen molar-refractivity contribution in [2.75, 3.05) is 0 Å². The molecule has 1 aromatic rings. The average Bonchev–Trinajstić information content (AvgIpc) is 2.22. The summed E-state index contributed by atoms with van der Waals surface area (Å²) in [7, 11) is 0. The van der Waals surface area contributed by atoms with Gasteiger partial charge in [-0.25, -0.2) is 0 Å². The summed E-state index contributed by atoms with van der Waals surface area (Å²) in [5, 5.41) is 0. The number of aryl methyl sites for hydroxylation is 3. The summed E-state index contributed by atoms with van der Waals surface area (Å²) in [6.45, 7) is 8.30. The molecule has 0 radical (unpaired) electrons. The van der Waals surface area contributed by atoms with Crippen molar-refractivity contribution in [3.05, 3.63) is 34.9 Å². The van der Waals surface area contributed by atoms with E-state index in [2.05, 4.69) is 51.3 Å². The predicted molar refractivity (Wildman–Crippen MR) is 69.1 cm³/mol. The fourth-order valence-corrected chi connectivity index (χ4v) is 1.53. The zero-order chi connectivity index (χ0) is 11.7. The van der Waals surface area contributed by atoms with Crippen molar-refractivity contribution in [3.8, 4) is 12.3 Å². The first-order valence-electron chi connectivity index (χ1n) is 5.65. The van der Waals surface area contributed by atoms with Crippen LogP contribution in [-0.2, 0) is 12.8 Å². The maximum atomic E-state index is 4.60.